The first-order valence-electron chi connectivity index (χ1n) is 10.6. The van der Waals surface area contributed by atoms with Gasteiger partial charge in [-0.05, 0) is 87.5 Å². The molecule has 2 aromatic heterocycles. The number of furan rings is 1. The monoisotopic (exact) mass is 394 g/mol. The van der Waals surface area contributed by atoms with Crippen molar-refractivity contribution in [2.75, 3.05) is 19.6 Å². The van der Waals surface area contributed by atoms with Gasteiger partial charge >= 0.3 is 0 Å². The number of aromatic amines is 1. The highest BCUT2D eigenvalue weighted by molar-refractivity contribution is 6.32. The average Bonchev–Trinajstić information content (AvgIpc) is 3.45. The number of rotatable bonds is 7. The van der Waals surface area contributed by atoms with E-state index in [1.807, 2.05) is 12.1 Å². The molecule has 0 aliphatic carbocycles. The SMILES string of the molecule is Cc1[nH]c(C=C2C(=O)NN=C2c2ccco2)c(C(C)C)c1CCCN1CCCC1. The highest BCUT2D eigenvalue weighted by Gasteiger charge is 2.27. The van der Waals surface area contributed by atoms with Gasteiger partial charge in [-0.2, -0.15) is 5.10 Å². The van der Waals surface area contributed by atoms with Crippen LogP contribution in [0.15, 0.2) is 33.5 Å². The molecule has 2 aliphatic heterocycles. The Morgan fingerprint density at radius 1 is 1.31 bits per heavy atom. The molecule has 0 saturated carbocycles. The van der Waals surface area contributed by atoms with Crippen molar-refractivity contribution in [1.29, 1.82) is 0 Å². The van der Waals surface area contributed by atoms with E-state index in [9.17, 15) is 4.79 Å². The van der Waals surface area contributed by atoms with E-state index in [1.54, 1.807) is 12.3 Å². The second-order valence-corrected chi connectivity index (χ2v) is 8.30. The molecule has 2 aromatic rings. The second kappa shape index (κ2) is 8.41. The molecule has 1 saturated heterocycles. The molecule has 1 amide bonds. The van der Waals surface area contributed by atoms with Gasteiger partial charge in [-0.15, -0.1) is 0 Å². The van der Waals surface area contributed by atoms with Gasteiger partial charge in [0.2, 0.25) is 0 Å². The van der Waals surface area contributed by atoms with Gasteiger partial charge < -0.3 is 14.3 Å². The Labute approximate surface area is 172 Å². The molecule has 6 nitrogen and oxygen atoms in total. The molecule has 6 heteroatoms. The number of likely N-dealkylation sites (tertiary alicyclic amines) is 1. The number of hydrazone groups is 1. The maximum atomic E-state index is 12.4. The van der Waals surface area contributed by atoms with E-state index >= 15 is 0 Å². The lowest BCUT2D eigenvalue weighted by atomic mass is 9.93. The van der Waals surface area contributed by atoms with E-state index in [0.29, 0.717) is 23.0 Å². The van der Waals surface area contributed by atoms with E-state index < -0.39 is 0 Å². The number of amides is 1. The molecule has 0 aromatic carbocycles. The van der Waals surface area contributed by atoms with Crippen LogP contribution in [0.4, 0.5) is 0 Å². The fourth-order valence-corrected chi connectivity index (χ4v) is 4.50. The number of aromatic nitrogens is 1. The summed E-state index contributed by atoms with van der Waals surface area (Å²) in [5.74, 6) is 0.755. The molecule has 4 heterocycles. The molecular weight excluding hydrogens is 364 g/mol. The Morgan fingerprint density at radius 3 is 2.79 bits per heavy atom. The van der Waals surface area contributed by atoms with Crippen LogP contribution in [0.2, 0.25) is 0 Å². The van der Waals surface area contributed by atoms with Gasteiger partial charge in [0.15, 0.2) is 5.76 Å². The van der Waals surface area contributed by atoms with Gasteiger partial charge in [0.05, 0.1) is 11.8 Å². The van der Waals surface area contributed by atoms with E-state index in [0.717, 1.165) is 25.1 Å². The molecule has 0 atom stereocenters. The van der Waals surface area contributed by atoms with Gasteiger partial charge in [-0.1, -0.05) is 13.8 Å². The first-order chi connectivity index (χ1) is 14.0. The molecule has 154 valence electrons. The summed E-state index contributed by atoms with van der Waals surface area (Å²) in [5.41, 5.74) is 8.53. The average molecular weight is 395 g/mol. The zero-order valence-electron chi connectivity index (χ0n) is 17.5. The number of aryl methyl sites for hydroxylation is 1. The maximum Gasteiger partial charge on any atom is 0.273 e. The number of hydrogen-bond donors (Lipinski definition) is 2. The number of carbonyl (C=O) groups excluding carboxylic acids is 1. The molecular formula is C23H30N4O2. The smallest absolute Gasteiger partial charge is 0.273 e. The van der Waals surface area contributed by atoms with E-state index in [4.69, 9.17) is 4.42 Å². The predicted molar refractivity (Wildman–Crippen MR) is 115 cm³/mol. The number of nitrogens with one attached hydrogen (secondary N) is 2. The molecule has 0 bridgehead atoms. The van der Waals surface area contributed by atoms with Gasteiger partial charge in [0.1, 0.15) is 5.71 Å². The van der Waals surface area contributed by atoms with Crippen LogP contribution >= 0.6 is 0 Å². The summed E-state index contributed by atoms with van der Waals surface area (Å²) < 4.78 is 5.46. The van der Waals surface area contributed by atoms with Gasteiger partial charge in [-0.3, -0.25) is 4.79 Å². The van der Waals surface area contributed by atoms with Gasteiger partial charge in [-0.25, -0.2) is 5.43 Å². The third kappa shape index (κ3) is 4.08. The highest BCUT2D eigenvalue weighted by Crippen LogP contribution is 2.30. The lowest BCUT2D eigenvalue weighted by Crippen LogP contribution is -2.20. The largest absolute Gasteiger partial charge is 0.463 e. The molecule has 2 N–H and O–H groups in total. The molecule has 2 aliphatic rings. The van der Waals surface area contributed by atoms with E-state index in [2.05, 4.69) is 41.2 Å². The molecule has 1 fully saturated rings. The predicted octanol–water partition coefficient (Wildman–Crippen LogP) is 3.99. The van der Waals surface area contributed by atoms with Crippen LogP contribution < -0.4 is 5.43 Å². The molecule has 0 radical (unpaired) electrons. The Balaban J connectivity index is 1.60. The van der Waals surface area contributed by atoms with Crippen LogP contribution in [0, 0.1) is 6.92 Å². The van der Waals surface area contributed by atoms with Crippen LogP contribution in [0.1, 0.15) is 67.3 Å². The number of hydrogen-bond acceptors (Lipinski definition) is 4. The van der Waals surface area contributed by atoms with Crippen LogP contribution in [0.3, 0.4) is 0 Å². The minimum Gasteiger partial charge on any atom is -0.463 e. The minimum absolute atomic E-state index is 0.200. The van der Waals surface area contributed by atoms with Crippen molar-refractivity contribution < 1.29 is 9.21 Å². The van der Waals surface area contributed by atoms with Crippen molar-refractivity contribution in [3.8, 4) is 0 Å². The van der Waals surface area contributed by atoms with Crippen molar-refractivity contribution >= 4 is 17.7 Å². The van der Waals surface area contributed by atoms with E-state index in [1.165, 1.54) is 42.8 Å². The van der Waals surface area contributed by atoms with Gasteiger partial charge in [0, 0.05) is 11.4 Å². The minimum atomic E-state index is -0.200. The van der Waals surface area contributed by atoms with Crippen molar-refractivity contribution in [2.45, 2.75) is 52.4 Å². The Kier molecular flexibility index (Phi) is 5.72. The van der Waals surface area contributed by atoms with Crippen molar-refractivity contribution in [3.63, 3.8) is 0 Å². The number of nitrogens with zero attached hydrogens (tertiary/aromatic N) is 2. The third-order valence-electron chi connectivity index (χ3n) is 5.88. The standard InChI is InChI=1S/C23H30N4O2/c1-15(2)21-17(8-6-12-27-10-4-5-11-27)16(3)24-19(21)14-18-22(25-26-23(18)28)20-9-7-13-29-20/h7,9,13-15,24H,4-6,8,10-12H2,1-3H3,(H,26,28). The quantitative estimate of drug-likeness (QED) is 0.698. The lowest BCUT2D eigenvalue weighted by Gasteiger charge is -2.15. The van der Waals surface area contributed by atoms with Crippen LogP contribution in [0.25, 0.3) is 6.08 Å². The Hall–Kier alpha value is -2.60. The van der Waals surface area contributed by atoms with Crippen molar-refractivity contribution in [3.05, 3.63) is 52.2 Å². The topological polar surface area (TPSA) is 73.6 Å². The second-order valence-electron chi connectivity index (χ2n) is 8.30. The zero-order chi connectivity index (χ0) is 20.4. The molecule has 4 rings (SSSR count). The number of carbonyl (C=O) groups is 1. The molecule has 0 unspecified atom stereocenters. The van der Waals surface area contributed by atoms with Crippen LogP contribution in [0.5, 0.6) is 0 Å². The summed E-state index contributed by atoms with van der Waals surface area (Å²) in [6.45, 7) is 10.2. The summed E-state index contributed by atoms with van der Waals surface area (Å²) in [6.07, 6.45) is 8.40. The van der Waals surface area contributed by atoms with Crippen molar-refractivity contribution in [1.82, 2.24) is 15.3 Å². The van der Waals surface area contributed by atoms with E-state index in [-0.39, 0.29) is 5.91 Å². The maximum absolute atomic E-state index is 12.4. The fourth-order valence-electron chi connectivity index (χ4n) is 4.50. The Bertz CT molecular complexity index is 928. The normalized spacial score (nSPS) is 18.8. The Morgan fingerprint density at radius 2 is 2.10 bits per heavy atom. The summed E-state index contributed by atoms with van der Waals surface area (Å²) in [5, 5.41) is 4.17. The zero-order valence-corrected chi connectivity index (χ0v) is 17.5. The highest BCUT2D eigenvalue weighted by atomic mass is 16.3. The fraction of sp³-hybridized carbons (Fsp3) is 0.478. The first-order valence-corrected chi connectivity index (χ1v) is 10.6. The third-order valence-corrected chi connectivity index (χ3v) is 5.88. The summed E-state index contributed by atoms with van der Waals surface area (Å²) in [4.78, 5) is 18.5. The first kappa shape index (κ1) is 19.7. The summed E-state index contributed by atoms with van der Waals surface area (Å²) in [6, 6.07) is 3.62. The van der Waals surface area contributed by atoms with Crippen LogP contribution in [-0.4, -0.2) is 41.1 Å². The lowest BCUT2D eigenvalue weighted by molar-refractivity contribution is -0.116. The summed E-state index contributed by atoms with van der Waals surface area (Å²) >= 11 is 0. The van der Waals surface area contributed by atoms with Crippen molar-refractivity contribution in [2.24, 2.45) is 5.10 Å². The molecule has 0 spiro atoms. The summed E-state index contributed by atoms with van der Waals surface area (Å²) in [7, 11) is 0. The van der Waals surface area contributed by atoms with Gasteiger partial charge in [0.25, 0.3) is 5.91 Å². The molecule has 29 heavy (non-hydrogen) atoms. The van der Waals surface area contributed by atoms with Crippen LogP contribution in [-0.2, 0) is 11.2 Å². The number of H-pyrrole nitrogens is 1.